The lowest BCUT2D eigenvalue weighted by atomic mass is 10.0. The fourth-order valence-electron chi connectivity index (χ4n) is 6.22. The Morgan fingerprint density at radius 1 is 0.533 bits per heavy atom. The monoisotopic (exact) mass is 638 g/mol. The number of unbranched alkanes of at least 4 members (excludes halogenated alkanes) is 26. The molecule has 0 aliphatic carbocycles. The predicted octanol–water partition coefficient (Wildman–Crippen LogP) is 10.9. The van der Waals surface area contributed by atoms with E-state index in [0.29, 0.717) is 12.8 Å². The van der Waals surface area contributed by atoms with Crippen LogP contribution in [0.4, 0.5) is 0 Å². The number of carbonyl (C=O) groups is 1. The molecule has 268 valence electrons. The Morgan fingerprint density at radius 2 is 0.889 bits per heavy atom. The number of allylic oxidation sites excluding steroid dienone is 2. The van der Waals surface area contributed by atoms with Crippen LogP contribution in [0.1, 0.15) is 213 Å². The molecule has 0 aliphatic rings. The van der Waals surface area contributed by atoms with Gasteiger partial charge in [0.1, 0.15) is 6.10 Å². The van der Waals surface area contributed by atoms with Crippen LogP contribution in [-0.2, 0) is 4.79 Å². The van der Waals surface area contributed by atoms with E-state index in [0.717, 1.165) is 38.5 Å². The van der Waals surface area contributed by atoms with Gasteiger partial charge in [-0.1, -0.05) is 180 Å². The zero-order valence-corrected chi connectivity index (χ0v) is 30.3. The summed E-state index contributed by atoms with van der Waals surface area (Å²) in [7, 11) is 0. The zero-order valence-electron chi connectivity index (χ0n) is 30.3. The molecule has 0 heterocycles. The van der Waals surface area contributed by atoms with E-state index in [1.807, 2.05) is 0 Å². The second-order valence-corrected chi connectivity index (χ2v) is 13.8. The summed E-state index contributed by atoms with van der Waals surface area (Å²) < 4.78 is 0. The standard InChI is InChI=1S/C40H79NO4/c1-3-5-7-9-11-13-15-17-18-19-20-21-22-23-25-27-29-31-33-35-39(44)41-37(36-42)40(45)38(43)34-32-30-28-26-24-16-14-12-10-8-6-4-2/h26,28,37-38,40,42-43,45H,3-25,27,29-36H2,1-2H3,(H,41,44)/b28-26+. The van der Waals surface area contributed by atoms with E-state index in [1.54, 1.807) is 0 Å². The van der Waals surface area contributed by atoms with Crippen molar-refractivity contribution in [2.24, 2.45) is 0 Å². The molecule has 0 aromatic heterocycles. The van der Waals surface area contributed by atoms with Crippen molar-refractivity contribution in [2.45, 2.75) is 231 Å². The highest BCUT2D eigenvalue weighted by atomic mass is 16.3. The summed E-state index contributed by atoms with van der Waals surface area (Å²) in [5, 5.41) is 33.3. The third kappa shape index (κ3) is 31.5. The molecule has 0 saturated carbocycles. The lowest BCUT2D eigenvalue weighted by Crippen LogP contribution is -2.50. The minimum absolute atomic E-state index is 0.152. The van der Waals surface area contributed by atoms with Crippen LogP contribution in [0.5, 0.6) is 0 Å². The maximum atomic E-state index is 12.4. The number of amides is 1. The van der Waals surface area contributed by atoms with Crippen molar-refractivity contribution in [1.29, 1.82) is 0 Å². The van der Waals surface area contributed by atoms with Crippen LogP contribution in [-0.4, -0.2) is 46.1 Å². The SMILES string of the molecule is CCCCCCCCC/C=C/CCCC(O)C(O)C(CO)NC(=O)CCCCCCCCCCCCCCCCCCCCC. The van der Waals surface area contributed by atoms with Crippen molar-refractivity contribution in [1.82, 2.24) is 5.32 Å². The molecule has 3 atom stereocenters. The molecule has 0 fully saturated rings. The quantitative estimate of drug-likeness (QED) is 0.0406. The maximum Gasteiger partial charge on any atom is 0.220 e. The van der Waals surface area contributed by atoms with Crippen molar-refractivity contribution in [3.8, 4) is 0 Å². The van der Waals surface area contributed by atoms with E-state index in [4.69, 9.17) is 0 Å². The zero-order chi connectivity index (χ0) is 33.1. The van der Waals surface area contributed by atoms with E-state index < -0.39 is 18.2 Å². The normalized spacial score (nSPS) is 13.8. The summed E-state index contributed by atoms with van der Waals surface area (Å²) in [4.78, 5) is 12.4. The van der Waals surface area contributed by atoms with Crippen LogP contribution < -0.4 is 5.32 Å². The van der Waals surface area contributed by atoms with Crippen molar-refractivity contribution in [3.63, 3.8) is 0 Å². The minimum Gasteiger partial charge on any atom is -0.394 e. The average molecular weight is 638 g/mol. The van der Waals surface area contributed by atoms with Crippen LogP contribution in [0.2, 0.25) is 0 Å². The van der Waals surface area contributed by atoms with E-state index in [2.05, 4.69) is 31.3 Å². The van der Waals surface area contributed by atoms with Gasteiger partial charge in [-0.3, -0.25) is 4.79 Å². The third-order valence-corrected chi connectivity index (χ3v) is 9.37. The highest BCUT2D eigenvalue weighted by molar-refractivity contribution is 5.76. The first-order valence-corrected chi connectivity index (χ1v) is 20.0. The predicted molar refractivity (Wildman–Crippen MR) is 195 cm³/mol. The fourth-order valence-corrected chi connectivity index (χ4v) is 6.22. The lowest BCUT2D eigenvalue weighted by molar-refractivity contribution is -0.124. The maximum absolute atomic E-state index is 12.4. The van der Waals surface area contributed by atoms with Crippen LogP contribution in [0.25, 0.3) is 0 Å². The molecule has 0 bridgehead atoms. The second kappa shape index (κ2) is 35.9. The summed E-state index contributed by atoms with van der Waals surface area (Å²) in [6, 6.07) is -0.819. The molecule has 0 saturated heterocycles. The molecule has 4 N–H and O–H groups in total. The molecule has 0 aromatic rings. The molecule has 0 aliphatic heterocycles. The number of aliphatic hydroxyl groups excluding tert-OH is 3. The van der Waals surface area contributed by atoms with Gasteiger partial charge in [-0.25, -0.2) is 0 Å². The smallest absolute Gasteiger partial charge is 0.220 e. The van der Waals surface area contributed by atoms with Crippen LogP contribution in [0.3, 0.4) is 0 Å². The average Bonchev–Trinajstić information content (AvgIpc) is 3.04. The Kier molecular flexibility index (Phi) is 35.2. The minimum atomic E-state index is -1.15. The van der Waals surface area contributed by atoms with Gasteiger partial charge in [0.2, 0.25) is 5.91 Å². The van der Waals surface area contributed by atoms with Gasteiger partial charge in [-0.05, 0) is 38.5 Å². The molecule has 45 heavy (non-hydrogen) atoms. The Bertz CT molecular complexity index is 625. The molecule has 0 rings (SSSR count). The van der Waals surface area contributed by atoms with E-state index in [1.165, 1.54) is 148 Å². The van der Waals surface area contributed by atoms with Gasteiger partial charge in [0.05, 0.1) is 18.8 Å². The molecular formula is C40H79NO4. The van der Waals surface area contributed by atoms with Crippen molar-refractivity contribution in [2.75, 3.05) is 6.61 Å². The van der Waals surface area contributed by atoms with Gasteiger partial charge in [-0.15, -0.1) is 0 Å². The van der Waals surface area contributed by atoms with Crippen LogP contribution in [0.15, 0.2) is 12.2 Å². The van der Waals surface area contributed by atoms with Gasteiger partial charge < -0.3 is 20.6 Å². The first-order chi connectivity index (χ1) is 22.1. The Hall–Kier alpha value is -0.910. The number of aliphatic hydroxyl groups is 3. The number of rotatable bonds is 36. The van der Waals surface area contributed by atoms with E-state index in [-0.39, 0.29) is 12.5 Å². The highest BCUT2D eigenvalue weighted by Gasteiger charge is 2.26. The molecule has 0 radical (unpaired) electrons. The third-order valence-electron chi connectivity index (χ3n) is 9.37. The van der Waals surface area contributed by atoms with Crippen molar-refractivity contribution >= 4 is 5.91 Å². The Morgan fingerprint density at radius 3 is 1.29 bits per heavy atom. The summed E-state index contributed by atoms with van der Waals surface area (Å²) >= 11 is 0. The first kappa shape index (κ1) is 44.1. The second-order valence-electron chi connectivity index (χ2n) is 13.8. The summed E-state index contributed by atoms with van der Waals surface area (Å²) in [5.41, 5.74) is 0. The molecule has 5 nitrogen and oxygen atoms in total. The molecule has 0 aromatic carbocycles. The lowest BCUT2D eigenvalue weighted by Gasteiger charge is -2.26. The van der Waals surface area contributed by atoms with Gasteiger partial charge in [0.15, 0.2) is 0 Å². The van der Waals surface area contributed by atoms with Crippen LogP contribution in [0, 0.1) is 0 Å². The Labute approximate surface area is 280 Å². The largest absolute Gasteiger partial charge is 0.394 e. The topological polar surface area (TPSA) is 89.8 Å². The van der Waals surface area contributed by atoms with Gasteiger partial charge >= 0.3 is 0 Å². The molecule has 1 amide bonds. The number of hydrogen-bond acceptors (Lipinski definition) is 4. The van der Waals surface area contributed by atoms with Crippen LogP contribution >= 0.6 is 0 Å². The molecule has 3 unspecified atom stereocenters. The molecular weight excluding hydrogens is 558 g/mol. The van der Waals surface area contributed by atoms with Crippen molar-refractivity contribution < 1.29 is 20.1 Å². The summed E-state index contributed by atoms with van der Waals surface area (Å²) in [6.45, 7) is 4.16. The molecule has 5 heteroatoms. The molecule has 0 spiro atoms. The summed E-state index contributed by atoms with van der Waals surface area (Å²) in [6.07, 6.45) is 40.3. The van der Waals surface area contributed by atoms with E-state index >= 15 is 0 Å². The Balaban J connectivity index is 3.64. The van der Waals surface area contributed by atoms with Gasteiger partial charge in [-0.2, -0.15) is 0 Å². The number of nitrogens with one attached hydrogen (secondary N) is 1. The van der Waals surface area contributed by atoms with Crippen molar-refractivity contribution in [3.05, 3.63) is 12.2 Å². The van der Waals surface area contributed by atoms with E-state index in [9.17, 15) is 20.1 Å². The first-order valence-electron chi connectivity index (χ1n) is 20.0. The number of hydrogen-bond donors (Lipinski definition) is 4. The van der Waals surface area contributed by atoms with Gasteiger partial charge in [0, 0.05) is 6.42 Å². The fraction of sp³-hybridized carbons (Fsp3) is 0.925. The number of carbonyl (C=O) groups excluding carboxylic acids is 1. The van der Waals surface area contributed by atoms with Gasteiger partial charge in [0.25, 0.3) is 0 Å². The summed E-state index contributed by atoms with van der Waals surface area (Å²) in [5.74, 6) is -0.152. The highest BCUT2D eigenvalue weighted by Crippen LogP contribution is 2.16.